The van der Waals surface area contributed by atoms with Crippen molar-refractivity contribution in [2.24, 2.45) is 0 Å². The van der Waals surface area contributed by atoms with Crippen LogP contribution in [0.15, 0.2) is 0 Å². The van der Waals surface area contributed by atoms with Crippen molar-refractivity contribution < 1.29 is 107 Å². The van der Waals surface area contributed by atoms with Crippen molar-refractivity contribution in [3.63, 3.8) is 0 Å². The molecule has 0 saturated carbocycles. The fourth-order valence-corrected chi connectivity index (χ4v) is 0. The monoisotopic (exact) mass is 487 g/mol. The molecule has 0 nitrogen and oxygen atoms in total. The average molecular weight is 492 g/mol. The second kappa shape index (κ2) is 42.1. The summed E-state index contributed by atoms with van der Waals surface area (Å²) in [6.07, 6.45) is 0. The molecule has 0 aromatic carbocycles. The molecule has 0 saturated heterocycles. The Balaban J connectivity index is 0. The Morgan fingerprint density at radius 3 is 0.333 bits per heavy atom. The van der Waals surface area contributed by atoms with Gasteiger partial charge in [-0.15, -0.1) is 0 Å². The SMILES string of the molecule is [Br-].[Br-].[Br-].[Br-].[Br-].[Nb+5]. The Hall–Kier alpha value is 3.14. The van der Waals surface area contributed by atoms with Gasteiger partial charge in [-0.1, -0.05) is 0 Å². The second-order valence-corrected chi connectivity index (χ2v) is 0. The molecule has 0 radical (unpaired) electrons. The zero-order chi connectivity index (χ0) is 0. The van der Waals surface area contributed by atoms with E-state index in [4.69, 9.17) is 0 Å². The van der Waals surface area contributed by atoms with Gasteiger partial charge in [0.2, 0.25) is 0 Å². The van der Waals surface area contributed by atoms with Crippen LogP contribution in [0.5, 0.6) is 0 Å². The van der Waals surface area contributed by atoms with Crippen LogP contribution in [-0.2, 0) is 22.4 Å². The van der Waals surface area contributed by atoms with Crippen LogP contribution in [0, 0.1) is 0 Å². The van der Waals surface area contributed by atoms with E-state index < -0.39 is 0 Å². The summed E-state index contributed by atoms with van der Waals surface area (Å²) in [6.45, 7) is 0. The van der Waals surface area contributed by atoms with E-state index in [1.165, 1.54) is 0 Å². The van der Waals surface area contributed by atoms with Crippen LogP contribution in [0.3, 0.4) is 0 Å². The first-order valence-corrected chi connectivity index (χ1v) is 0. The van der Waals surface area contributed by atoms with Gasteiger partial charge in [0.05, 0.1) is 0 Å². The van der Waals surface area contributed by atoms with E-state index >= 15 is 0 Å². The summed E-state index contributed by atoms with van der Waals surface area (Å²) in [5.74, 6) is 0. The summed E-state index contributed by atoms with van der Waals surface area (Å²) >= 11 is 0. The van der Waals surface area contributed by atoms with E-state index in [2.05, 4.69) is 0 Å². The van der Waals surface area contributed by atoms with Crippen LogP contribution in [0.25, 0.3) is 0 Å². The fourth-order valence-electron chi connectivity index (χ4n) is 0. The first kappa shape index (κ1) is 61.4. The van der Waals surface area contributed by atoms with Gasteiger partial charge >= 0.3 is 22.4 Å². The Kier molecular flexibility index (Phi) is 431. The zero-order valence-electron chi connectivity index (χ0n) is 2.34. The van der Waals surface area contributed by atoms with Crippen molar-refractivity contribution in [3.05, 3.63) is 0 Å². The van der Waals surface area contributed by atoms with Crippen LogP contribution in [0.2, 0.25) is 0 Å². The molecular weight excluding hydrogens is 492 g/mol. The van der Waals surface area contributed by atoms with Crippen molar-refractivity contribution >= 4 is 0 Å². The normalized spacial score (nSPS) is 0. The Morgan fingerprint density at radius 1 is 0.333 bits per heavy atom. The maximum absolute atomic E-state index is 0. The number of rotatable bonds is 0. The quantitative estimate of drug-likeness (QED) is 0.295. The summed E-state index contributed by atoms with van der Waals surface area (Å²) in [7, 11) is 0. The van der Waals surface area contributed by atoms with Crippen molar-refractivity contribution in [1.82, 2.24) is 0 Å². The molecule has 0 N–H and O–H groups in total. The summed E-state index contributed by atoms with van der Waals surface area (Å²) in [4.78, 5) is 0. The first-order chi connectivity index (χ1) is 0. The molecule has 6 heteroatoms. The minimum atomic E-state index is 0. The predicted octanol–water partition coefficient (Wildman–Crippen LogP) is -15.0. The average Bonchev–Trinajstić information content (AvgIpc) is 0. The van der Waals surface area contributed by atoms with Gasteiger partial charge in [0.15, 0.2) is 0 Å². The molecule has 0 spiro atoms. The second-order valence-electron chi connectivity index (χ2n) is 0. The van der Waals surface area contributed by atoms with Gasteiger partial charge in [-0.2, -0.15) is 0 Å². The molecule has 6 heavy (non-hydrogen) atoms. The third-order valence-corrected chi connectivity index (χ3v) is 0. The van der Waals surface area contributed by atoms with Gasteiger partial charge < -0.3 is 84.9 Å². The topological polar surface area (TPSA) is 0 Å². The van der Waals surface area contributed by atoms with E-state index in [0.29, 0.717) is 0 Å². The van der Waals surface area contributed by atoms with Gasteiger partial charge in [-0.05, 0) is 0 Å². The Morgan fingerprint density at radius 2 is 0.333 bits per heavy atom. The molecule has 0 aliphatic carbocycles. The molecule has 0 aliphatic rings. The molecule has 0 heterocycles. The molecular formula is Br5Nb. The number of halogens is 5. The minimum Gasteiger partial charge on any atom is -1.00 e. The molecule has 0 unspecified atom stereocenters. The van der Waals surface area contributed by atoms with Gasteiger partial charge in [0.1, 0.15) is 0 Å². The molecule has 0 aliphatic heterocycles. The van der Waals surface area contributed by atoms with Crippen LogP contribution < -0.4 is 84.9 Å². The van der Waals surface area contributed by atoms with Crippen molar-refractivity contribution in [2.45, 2.75) is 0 Å². The minimum absolute atomic E-state index is 0. The largest absolute Gasteiger partial charge is 5.00 e. The third-order valence-electron chi connectivity index (χ3n) is 0. The number of hydrogen-bond acceptors (Lipinski definition) is 0. The van der Waals surface area contributed by atoms with E-state index in [0.717, 1.165) is 0 Å². The van der Waals surface area contributed by atoms with E-state index in [-0.39, 0.29) is 107 Å². The van der Waals surface area contributed by atoms with Gasteiger partial charge in [0.25, 0.3) is 0 Å². The fraction of sp³-hybridized carbons (Fsp3) is 0. The van der Waals surface area contributed by atoms with Crippen LogP contribution in [-0.4, -0.2) is 0 Å². The molecule has 40 valence electrons. The first-order valence-electron chi connectivity index (χ1n) is 0. The maximum Gasteiger partial charge on any atom is 5.00 e. The summed E-state index contributed by atoms with van der Waals surface area (Å²) in [5.41, 5.74) is 0. The van der Waals surface area contributed by atoms with Crippen molar-refractivity contribution in [2.75, 3.05) is 0 Å². The van der Waals surface area contributed by atoms with E-state index in [1.54, 1.807) is 0 Å². The van der Waals surface area contributed by atoms with Crippen molar-refractivity contribution in [3.8, 4) is 0 Å². The molecule has 0 aromatic rings. The van der Waals surface area contributed by atoms with E-state index in [1.807, 2.05) is 0 Å². The van der Waals surface area contributed by atoms with Crippen LogP contribution >= 0.6 is 0 Å². The van der Waals surface area contributed by atoms with E-state index in [9.17, 15) is 0 Å². The van der Waals surface area contributed by atoms with Crippen LogP contribution in [0.1, 0.15) is 0 Å². The maximum atomic E-state index is 0. The Bertz CT molecular complexity index is 3.90. The summed E-state index contributed by atoms with van der Waals surface area (Å²) in [6, 6.07) is 0. The molecule has 0 atom stereocenters. The summed E-state index contributed by atoms with van der Waals surface area (Å²) in [5, 5.41) is 0. The molecule has 0 bridgehead atoms. The summed E-state index contributed by atoms with van der Waals surface area (Å²) < 4.78 is 0. The standard InChI is InChI=1S/5BrH.Nb/h5*1H;/q;;;;;+5/p-5. The predicted molar refractivity (Wildman–Crippen MR) is 0 cm³/mol. The van der Waals surface area contributed by atoms with Gasteiger partial charge in [-0.3, -0.25) is 0 Å². The molecule has 0 amide bonds. The zero-order valence-corrected chi connectivity index (χ0v) is 12.5. The van der Waals surface area contributed by atoms with Crippen LogP contribution in [0.4, 0.5) is 0 Å². The van der Waals surface area contributed by atoms with Gasteiger partial charge in [0, 0.05) is 0 Å². The Labute approximate surface area is 106 Å². The third kappa shape index (κ3) is 27.3. The van der Waals surface area contributed by atoms with Gasteiger partial charge in [-0.25, -0.2) is 0 Å². The molecule has 0 rings (SSSR count). The number of hydrogen-bond donors (Lipinski definition) is 0. The van der Waals surface area contributed by atoms with Crippen molar-refractivity contribution in [1.29, 1.82) is 0 Å². The molecule has 0 fully saturated rings. The smallest absolute Gasteiger partial charge is 1.00 e. The molecule has 0 aromatic heterocycles.